The summed E-state index contributed by atoms with van der Waals surface area (Å²) in [5.74, 6) is 0.408. The lowest BCUT2D eigenvalue weighted by molar-refractivity contribution is 0.102. The number of aryl methyl sites for hydroxylation is 1. The molecule has 0 atom stereocenters. The van der Waals surface area contributed by atoms with Crippen LogP contribution in [0.1, 0.15) is 21.7 Å². The molecule has 0 fully saturated rings. The van der Waals surface area contributed by atoms with Gasteiger partial charge in [0.05, 0.1) is 5.69 Å². The molecule has 3 rings (SSSR count). The van der Waals surface area contributed by atoms with Gasteiger partial charge in [-0.15, -0.1) is 5.10 Å². The fraction of sp³-hybridized carbons (Fsp3) is 0.105. The Balaban J connectivity index is 1.57. The van der Waals surface area contributed by atoms with Gasteiger partial charge in [-0.05, 0) is 61.0 Å². The van der Waals surface area contributed by atoms with E-state index in [-0.39, 0.29) is 11.6 Å². The summed E-state index contributed by atoms with van der Waals surface area (Å²) in [6, 6.07) is 18.0. The Morgan fingerprint density at radius 2 is 1.72 bits per heavy atom. The van der Waals surface area contributed by atoms with Crippen LogP contribution in [0.2, 0.25) is 5.02 Å². The molecule has 0 radical (unpaired) electrons. The van der Waals surface area contributed by atoms with Gasteiger partial charge in [-0.2, -0.15) is 5.10 Å². The van der Waals surface area contributed by atoms with Crippen LogP contribution in [0.25, 0.3) is 0 Å². The van der Waals surface area contributed by atoms with Crippen LogP contribution in [0.3, 0.4) is 0 Å². The Labute approximate surface area is 150 Å². The largest absolute Gasteiger partial charge is 0.489 e. The minimum atomic E-state index is -0.303. The maximum absolute atomic E-state index is 12.1. The Kier molecular flexibility index (Phi) is 5.26. The number of nitrogens with one attached hydrogen (secondary N) is 1. The number of ether oxygens (including phenoxy) is 1. The molecule has 0 aliphatic heterocycles. The van der Waals surface area contributed by atoms with E-state index in [0.29, 0.717) is 23.1 Å². The van der Waals surface area contributed by atoms with E-state index in [1.165, 1.54) is 0 Å². The zero-order valence-corrected chi connectivity index (χ0v) is 14.3. The smallest absolute Gasteiger partial charge is 0.276 e. The fourth-order valence-corrected chi connectivity index (χ4v) is 2.22. The highest BCUT2D eigenvalue weighted by atomic mass is 35.5. The van der Waals surface area contributed by atoms with Crippen molar-refractivity contribution in [1.29, 1.82) is 0 Å². The summed E-state index contributed by atoms with van der Waals surface area (Å²) >= 11 is 5.86. The molecule has 0 unspecified atom stereocenters. The Morgan fingerprint density at radius 1 is 1.00 bits per heavy atom. The zero-order chi connectivity index (χ0) is 17.6. The molecular formula is C19H16ClN3O2. The number of anilines is 1. The van der Waals surface area contributed by atoms with Crippen LogP contribution in [-0.4, -0.2) is 16.1 Å². The van der Waals surface area contributed by atoms with Gasteiger partial charge in [0.15, 0.2) is 5.69 Å². The first-order valence-electron chi connectivity index (χ1n) is 7.69. The van der Waals surface area contributed by atoms with Crippen LogP contribution < -0.4 is 10.1 Å². The van der Waals surface area contributed by atoms with Gasteiger partial charge in [0.1, 0.15) is 12.4 Å². The molecule has 126 valence electrons. The first kappa shape index (κ1) is 16.9. The van der Waals surface area contributed by atoms with Crippen LogP contribution in [-0.2, 0) is 6.61 Å². The Hall–Kier alpha value is -2.92. The number of carbonyl (C=O) groups excluding carboxylic acids is 1. The summed E-state index contributed by atoms with van der Waals surface area (Å²) in [7, 11) is 0. The monoisotopic (exact) mass is 353 g/mol. The van der Waals surface area contributed by atoms with Crippen LogP contribution >= 0.6 is 11.6 Å². The average molecular weight is 354 g/mol. The Morgan fingerprint density at radius 3 is 2.36 bits per heavy atom. The summed E-state index contributed by atoms with van der Waals surface area (Å²) in [4.78, 5) is 12.1. The molecule has 0 aliphatic rings. The molecule has 2 aromatic carbocycles. The molecule has 25 heavy (non-hydrogen) atoms. The first-order chi connectivity index (χ1) is 12.1. The van der Waals surface area contributed by atoms with E-state index >= 15 is 0 Å². The average Bonchev–Trinajstić information content (AvgIpc) is 2.63. The standard InChI is InChI=1S/C19H16ClN3O2/c1-13-2-11-18(23-22-13)19(24)21-16-7-9-17(10-8-16)25-12-14-3-5-15(20)6-4-14/h2-11H,12H2,1H3,(H,21,24). The van der Waals surface area contributed by atoms with Gasteiger partial charge >= 0.3 is 0 Å². The first-order valence-corrected chi connectivity index (χ1v) is 8.07. The lowest BCUT2D eigenvalue weighted by Gasteiger charge is -2.08. The van der Waals surface area contributed by atoms with Crippen molar-refractivity contribution in [2.75, 3.05) is 5.32 Å². The SMILES string of the molecule is Cc1ccc(C(=O)Nc2ccc(OCc3ccc(Cl)cc3)cc2)nn1. The second-order valence-electron chi connectivity index (χ2n) is 5.45. The van der Waals surface area contributed by atoms with Crippen LogP contribution in [0, 0.1) is 6.92 Å². The lowest BCUT2D eigenvalue weighted by Crippen LogP contribution is -2.14. The summed E-state index contributed by atoms with van der Waals surface area (Å²) in [6.45, 7) is 2.26. The molecule has 0 saturated heterocycles. The van der Waals surface area contributed by atoms with Crippen molar-refractivity contribution in [3.63, 3.8) is 0 Å². The minimum absolute atomic E-state index is 0.272. The number of amides is 1. The van der Waals surface area contributed by atoms with Crippen LogP contribution in [0.15, 0.2) is 60.7 Å². The molecule has 3 aromatic rings. The number of rotatable bonds is 5. The molecule has 0 aliphatic carbocycles. The third kappa shape index (κ3) is 4.78. The third-order valence-corrected chi connectivity index (χ3v) is 3.71. The summed E-state index contributed by atoms with van der Waals surface area (Å²) in [5.41, 5.74) is 2.72. The third-order valence-electron chi connectivity index (χ3n) is 3.46. The van der Waals surface area contributed by atoms with Gasteiger partial charge in [-0.1, -0.05) is 23.7 Å². The molecule has 1 aromatic heterocycles. The van der Waals surface area contributed by atoms with E-state index in [9.17, 15) is 4.79 Å². The van der Waals surface area contributed by atoms with Crippen molar-refractivity contribution < 1.29 is 9.53 Å². The van der Waals surface area contributed by atoms with E-state index in [2.05, 4.69) is 15.5 Å². The number of halogens is 1. The molecule has 1 N–H and O–H groups in total. The predicted molar refractivity (Wildman–Crippen MR) is 96.9 cm³/mol. The van der Waals surface area contributed by atoms with Crippen LogP contribution in [0.4, 0.5) is 5.69 Å². The normalized spacial score (nSPS) is 10.3. The second-order valence-corrected chi connectivity index (χ2v) is 5.89. The second kappa shape index (κ2) is 7.77. The van der Waals surface area contributed by atoms with Gasteiger partial charge < -0.3 is 10.1 Å². The Bertz CT molecular complexity index is 847. The van der Waals surface area contributed by atoms with Gasteiger partial charge in [-0.3, -0.25) is 4.79 Å². The van der Waals surface area contributed by atoms with E-state index in [0.717, 1.165) is 11.3 Å². The quantitative estimate of drug-likeness (QED) is 0.744. The van der Waals surface area contributed by atoms with Gasteiger partial charge in [-0.25, -0.2) is 0 Å². The number of benzene rings is 2. The van der Waals surface area contributed by atoms with Gasteiger partial charge in [0.2, 0.25) is 0 Å². The molecule has 6 heteroatoms. The van der Waals surface area contributed by atoms with Crippen molar-refractivity contribution >= 4 is 23.2 Å². The predicted octanol–water partition coefficient (Wildman–Crippen LogP) is 4.27. The van der Waals surface area contributed by atoms with E-state index in [1.807, 2.05) is 31.2 Å². The van der Waals surface area contributed by atoms with Crippen molar-refractivity contribution in [3.8, 4) is 5.75 Å². The fourth-order valence-electron chi connectivity index (χ4n) is 2.10. The van der Waals surface area contributed by atoms with Crippen LogP contribution in [0.5, 0.6) is 5.75 Å². The molecule has 0 saturated carbocycles. The van der Waals surface area contributed by atoms with E-state index < -0.39 is 0 Å². The van der Waals surface area contributed by atoms with Crippen molar-refractivity contribution in [2.45, 2.75) is 13.5 Å². The molecule has 5 nitrogen and oxygen atoms in total. The highest BCUT2D eigenvalue weighted by Crippen LogP contribution is 2.18. The number of hydrogen-bond acceptors (Lipinski definition) is 4. The van der Waals surface area contributed by atoms with Crippen molar-refractivity contribution in [1.82, 2.24) is 10.2 Å². The number of hydrogen-bond donors (Lipinski definition) is 1. The maximum atomic E-state index is 12.1. The van der Waals surface area contributed by atoms with E-state index in [4.69, 9.17) is 16.3 Å². The van der Waals surface area contributed by atoms with Gasteiger partial charge in [0, 0.05) is 10.7 Å². The zero-order valence-electron chi connectivity index (χ0n) is 13.6. The molecular weight excluding hydrogens is 338 g/mol. The highest BCUT2D eigenvalue weighted by Gasteiger charge is 2.08. The van der Waals surface area contributed by atoms with Crippen molar-refractivity contribution in [2.24, 2.45) is 0 Å². The summed E-state index contributed by atoms with van der Waals surface area (Å²) in [6.07, 6.45) is 0. The molecule has 1 amide bonds. The molecule has 1 heterocycles. The summed E-state index contributed by atoms with van der Waals surface area (Å²) < 4.78 is 5.71. The number of nitrogens with zero attached hydrogens (tertiary/aromatic N) is 2. The lowest BCUT2D eigenvalue weighted by atomic mass is 10.2. The number of carbonyl (C=O) groups is 1. The summed E-state index contributed by atoms with van der Waals surface area (Å²) in [5, 5.41) is 11.2. The van der Waals surface area contributed by atoms with Crippen molar-refractivity contribution in [3.05, 3.63) is 82.6 Å². The van der Waals surface area contributed by atoms with Gasteiger partial charge in [0.25, 0.3) is 5.91 Å². The highest BCUT2D eigenvalue weighted by molar-refractivity contribution is 6.30. The maximum Gasteiger partial charge on any atom is 0.276 e. The van der Waals surface area contributed by atoms with E-state index in [1.54, 1.807) is 36.4 Å². The number of aromatic nitrogens is 2. The minimum Gasteiger partial charge on any atom is -0.489 e. The topological polar surface area (TPSA) is 64.1 Å². The molecule has 0 spiro atoms. The molecule has 0 bridgehead atoms.